The van der Waals surface area contributed by atoms with Crippen molar-refractivity contribution < 1.29 is 0 Å². The van der Waals surface area contributed by atoms with Gasteiger partial charge >= 0.3 is 0 Å². The van der Waals surface area contributed by atoms with Crippen molar-refractivity contribution in [2.24, 2.45) is 12.8 Å². The fourth-order valence-electron chi connectivity index (χ4n) is 1.13. The lowest BCUT2D eigenvalue weighted by molar-refractivity contribution is 0.150. The molecule has 0 spiro atoms. The summed E-state index contributed by atoms with van der Waals surface area (Å²) < 4.78 is 2.03. The Balaban J connectivity index is 2.66. The molecule has 0 aliphatic carbocycles. The first-order valence-electron chi connectivity index (χ1n) is 4.85. The Labute approximate surface area is 85.7 Å². The molecule has 0 saturated carbocycles. The van der Waals surface area contributed by atoms with Crippen LogP contribution in [0.25, 0.3) is 0 Å². The molecule has 1 rings (SSSR count). The number of hydrogen-bond donors (Lipinski definition) is 1. The summed E-state index contributed by atoms with van der Waals surface area (Å²) in [5, 5.41) is 0. The average molecular weight is 196 g/mol. The van der Waals surface area contributed by atoms with E-state index < -0.39 is 0 Å². The molecule has 0 fully saturated rings. The topological polar surface area (TPSA) is 47.1 Å². The number of rotatable bonds is 4. The molecule has 1 aromatic heterocycles. The first-order valence-corrected chi connectivity index (χ1v) is 4.85. The summed E-state index contributed by atoms with van der Waals surface area (Å²) in [5.41, 5.74) is 5.73. The van der Waals surface area contributed by atoms with E-state index in [1.807, 2.05) is 24.0 Å². The number of likely N-dealkylation sites (N-methyl/N-ethyl adjacent to an activating group) is 1. The number of nitrogens with zero attached hydrogens (tertiary/aromatic N) is 3. The quantitative estimate of drug-likeness (QED) is 0.766. The lowest BCUT2D eigenvalue weighted by Gasteiger charge is -2.34. The Morgan fingerprint density at radius 2 is 2.21 bits per heavy atom. The Morgan fingerprint density at radius 1 is 1.57 bits per heavy atom. The van der Waals surface area contributed by atoms with Gasteiger partial charge in [-0.25, -0.2) is 4.98 Å². The Kier molecular flexibility index (Phi) is 3.29. The predicted molar refractivity (Wildman–Crippen MR) is 57.8 cm³/mol. The van der Waals surface area contributed by atoms with E-state index in [9.17, 15) is 0 Å². The summed E-state index contributed by atoms with van der Waals surface area (Å²) in [7, 11) is 4.08. The summed E-state index contributed by atoms with van der Waals surface area (Å²) in [4.78, 5) is 6.50. The maximum absolute atomic E-state index is 5.71. The molecule has 4 heteroatoms. The molecule has 0 aliphatic rings. The van der Waals surface area contributed by atoms with Crippen LogP contribution in [-0.4, -0.2) is 33.6 Å². The number of aryl methyl sites for hydroxylation is 1. The summed E-state index contributed by atoms with van der Waals surface area (Å²) in [6, 6.07) is 0. The van der Waals surface area contributed by atoms with Gasteiger partial charge in [0.1, 0.15) is 5.82 Å². The molecule has 0 unspecified atom stereocenters. The average Bonchev–Trinajstić information content (AvgIpc) is 2.52. The number of hydrogen-bond acceptors (Lipinski definition) is 3. The smallest absolute Gasteiger partial charge is 0.122 e. The second kappa shape index (κ2) is 4.11. The zero-order chi connectivity index (χ0) is 10.8. The highest BCUT2D eigenvalue weighted by molar-refractivity contribution is 4.93. The monoisotopic (exact) mass is 196 g/mol. The van der Waals surface area contributed by atoms with Crippen molar-refractivity contribution in [2.75, 3.05) is 13.6 Å². The van der Waals surface area contributed by atoms with E-state index in [0.717, 1.165) is 12.4 Å². The zero-order valence-corrected chi connectivity index (χ0v) is 9.49. The number of imidazole rings is 1. The molecule has 0 amide bonds. The van der Waals surface area contributed by atoms with Crippen LogP contribution in [-0.2, 0) is 13.6 Å². The van der Waals surface area contributed by atoms with Gasteiger partial charge in [0.25, 0.3) is 0 Å². The minimum atomic E-state index is 0.0198. The highest BCUT2D eigenvalue weighted by Gasteiger charge is 2.22. The lowest BCUT2D eigenvalue weighted by atomic mass is 10.0. The van der Waals surface area contributed by atoms with Gasteiger partial charge in [-0.2, -0.15) is 0 Å². The maximum atomic E-state index is 5.71. The van der Waals surface area contributed by atoms with Crippen LogP contribution in [0.3, 0.4) is 0 Å². The maximum Gasteiger partial charge on any atom is 0.122 e. The Bertz CT molecular complexity index is 290. The summed E-state index contributed by atoms with van der Waals surface area (Å²) in [5.74, 6) is 1.06. The van der Waals surface area contributed by atoms with Crippen LogP contribution in [0.5, 0.6) is 0 Å². The molecule has 2 N–H and O–H groups in total. The zero-order valence-electron chi connectivity index (χ0n) is 9.49. The highest BCUT2D eigenvalue weighted by atomic mass is 15.2. The summed E-state index contributed by atoms with van der Waals surface area (Å²) in [6.45, 7) is 5.74. The largest absolute Gasteiger partial charge is 0.337 e. The normalized spacial score (nSPS) is 12.4. The molecule has 0 bridgehead atoms. The van der Waals surface area contributed by atoms with Crippen molar-refractivity contribution in [3.8, 4) is 0 Å². The molecule has 80 valence electrons. The predicted octanol–water partition coefficient (Wildman–Crippen LogP) is 0.589. The second-order valence-electron chi connectivity index (χ2n) is 4.33. The summed E-state index contributed by atoms with van der Waals surface area (Å²) >= 11 is 0. The molecule has 0 aromatic carbocycles. The van der Waals surface area contributed by atoms with E-state index in [0.29, 0.717) is 6.54 Å². The van der Waals surface area contributed by atoms with Crippen LogP contribution < -0.4 is 5.73 Å². The molecular weight excluding hydrogens is 176 g/mol. The van der Waals surface area contributed by atoms with E-state index in [1.54, 1.807) is 0 Å². The van der Waals surface area contributed by atoms with Gasteiger partial charge in [0, 0.05) is 31.5 Å². The van der Waals surface area contributed by atoms with Crippen molar-refractivity contribution in [1.29, 1.82) is 0 Å². The van der Waals surface area contributed by atoms with Gasteiger partial charge in [-0.05, 0) is 20.9 Å². The van der Waals surface area contributed by atoms with E-state index in [1.165, 1.54) is 0 Å². The van der Waals surface area contributed by atoms with Crippen molar-refractivity contribution in [2.45, 2.75) is 25.9 Å². The third kappa shape index (κ3) is 2.33. The van der Waals surface area contributed by atoms with Gasteiger partial charge in [0.05, 0.1) is 6.54 Å². The van der Waals surface area contributed by atoms with Gasteiger partial charge in [-0.3, -0.25) is 4.90 Å². The first kappa shape index (κ1) is 11.2. The summed E-state index contributed by atoms with van der Waals surface area (Å²) in [6.07, 6.45) is 3.78. The second-order valence-corrected chi connectivity index (χ2v) is 4.33. The molecule has 0 radical (unpaired) electrons. The van der Waals surface area contributed by atoms with Crippen LogP contribution in [0.2, 0.25) is 0 Å². The molecule has 4 nitrogen and oxygen atoms in total. The number of aromatic nitrogens is 2. The Hall–Kier alpha value is -0.870. The van der Waals surface area contributed by atoms with E-state index in [-0.39, 0.29) is 5.54 Å². The van der Waals surface area contributed by atoms with E-state index in [4.69, 9.17) is 5.73 Å². The van der Waals surface area contributed by atoms with Gasteiger partial charge in [0.15, 0.2) is 0 Å². The Morgan fingerprint density at radius 3 is 2.64 bits per heavy atom. The minimum absolute atomic E-state index is 0.0198. The molecule has 0 atom stereocenters. The van der Waals surface area contributed by atoms with Crippen LogP contribution in [0.4, 0.5) is 0 Å². The lowest BCUT2D eigenvalue weighted by Crippen LogP contribution is -2.46. The van der Waals surface area contributed by atoms with Crippen molar-refractivity contribution >= 4 is 0 Å². The fourth-order valence-corrected chi connectivity index (χ4v) is 1.13. The molecule has 14 heavy (non-hydrogen) atoms. The van der Waals surface area contributed by atoms with Gasteiger partial charge < -0.3 is 10.3 Å². The van der Waals surface area contributed by atoms with Gasteiger partial charge in [-0.1, -0.05) is 0 Å². The van der Waals surface area contributed by atoms with Gasteiger partial charge in [-0.15, -0.1) is 0 Å². The van der Waals surface area contributed by atoms with Crippen LogP contribution in [0.15, 0.2) is 12.4 Å². The fraction of sp³-hybridized carbons (Fsp3) is 0.700. The van der Waals surface area contributed by atoms with E-state index in [2.05, 4.69) is 30.8 Å². The van der Waals surface area contributed by atoms with Crippen molar-refractivity contribution in [1.82, 2.24) is 14.5 Å². The third-order valence-electron chi connectivity index (χ3n) is 2.83. The van der Waals surface area contributed by atoms with Crippen LogP contribution in [0.1, 0.15) is 19.7 Å². The third-order valence-corrected chi connectivity index (χ3v) is 2.83. The molecule has 1 aromatic rings. The van der Waals surface area contributed by atoms with Crippen molar-refractivity contribution in [3.05, 3.63) is 18.2 Å². The SMILES string of the molecule is CN(Cc1nccn1C)C(C)(C)CN. The minimum Gasteiger partial charge on any atom is -0.337 e. The van der Waals surface area contributed by atoms with Crippen LogP contribution in [0, 0.1) is 0 Å². The first-order chi connectivity index (χ1) is 6.47. The molecule has 0 saturated heterocycles. The number of nitrogens with two attached hydrogens (primary N) is 1. The van der Waals surface area contributed by atoms with Gasteiger partial charge in [0.2, 0.25) is 0 Å². The van der Waals surface area contributed by atoms with E-state index >= 15 is 0 Å². The molecular formula is C10H20N4. The standard InChI is InChI=1S/C10H20N4/c1-10(2,8-11)14(4)7-9-12-5-6-13(9)3/h5-6H,7-8,11H2,1-4H3. The molecule has 1 heterocycles. The van der Waals surface area contributed by atoms with Crippen LogP contribution >= 0.6 is 0 Å². The van der Waals surface area contributed by atoms with Crippen molar-refractivity contribution in [3.63, 3.8) is 0 Å². The molecule has 0 aliphatic heterocycles. The highest BCUT2D eigenvalue weighted by Crippen LogP contribution is 2.12.